The lowest BCUT2D eigenvalue weighted by Gasteiger charge is -2.56. The maximum absolute atomic E-state index is 13.4. The first-order valence-electron chi connectivity index (χ1n) is 10.8. The van der Waals surface area contributed by atoms with Crippen LogP contribution in [0.15, 0.2) is 35.9 Å². The van der Waals surface area contributed by atoms with Crippen LogP contribution >= 0.6 is 0 Å². The summed E-state index contributed by atoms with van der Waals surface area (Å²) in [7, 11) is 2.35. The Labute approximate surface area is 165 Å². The van der Waals surface area contributed by atoms with Crippen molar-refractivity contribution in [3.8, 4) is 0 Å². The monoisotopic (exact) mass is 379 g/mol. The van der Waals surface area contributed by atoms with Gasteiger partial charge >= 0.3 is 0 Å². The summed E-state index contributed by atoms with van der Waals surface area (Å²) >= 11 is 0. The molecule has 5 aliphatic heterocycles. The predicted octanol–water partition coefficient (Wildman–Crippen LogP) is 2.21. The van der Waals surface area contributed by atoms with Gasteiger partial charge in [0, 0.05) is 18.0 Å². The van der Waals surface area contributed by atoms with Gasteiger partial charge in [-0.15, -0.1) is 0 Å². The number of amides is 1. The first-order chi connectivity index (χ1) is 13.6. The number of quaternary nitrogens is 1. The number of hydrogen-bond acceptors (Lipinski definition) is 3. The summed E-state index contributed by atoms with van der Waals surface area (Å²) in [4.78, 5) is 15.6. The van der Waals surface area contributed by atoms with Crippen molar-refractivity contribution in [1.82, 2.24) is 0 Å². The Morgan fingerprint density at radius 1 is 1.25 bits per heavy atom. The second-order valence-corrected chi connectivity index (χ2v) is 10.1. The zero-order chi connectivity index (χ0) is 18.7. The molecule has 1 aliphatic carbocycles. The fourth-order valence-electron chi connectivity index (χ4n) is 7.67. The van der Waals surface area contributed by atoms with Gasteiger partial charge in [0.2, 0.25) is 5.91 Å². The third kappa shape index (κ3) is 1.73. The van der Waals surface area contributed by atoms with Crippen LogP contribution in [0.5, 0.6) is 0 Å². The molecule has 5 heteroatoms. The molecule has 4 fully saturated rings. The van der Waals surface area contributed by atoms with E-state index < -0.39 is 0 Å². The molecule has 1 unspecified atom stereocenters. The van der Waals surface area contributed by atoms with Crippen molar-refractivity contribution >= 4 is 11.6 Å². The molecule has 5 heterocycles. The van der Waals surface area contributed by atoms with Crippen LogP contribution in [-0.4, -0.2) is 62.1 Å². The van der Waals surface area contributed by atoms with E-state index in [1.165, 1.54) is 5.56 Å². The summed E-state index contributed by atoms with van der Waals surface area (Å²) in [5.41, 5.74) is 3.95. The average Bonchev–Trinajstić information content (AvgIpc) is 2.83. The van der Waals surface area contributed by atoms with Crippen molar-refractivity contribution in [2.75, 3.05) is 38.4 Å². The molecule has 0 radical (unpaired) electrons. The van der Waals surface area contributed by atoms with Crippen LogP contribution in [0.25, 0.3) is 0 Å². The number of piperidine rings is 1. The molecule has 3 bridgehead atoms. The molecule has 1 saturated carbocycles. The molecule has 28 heavy (non-hydrogen) atoms. The number of carbonyl (C=O) groups excluding carboxylic acids is 1. The van der Waals surface area contributed by atoms with Crippen molar-refractivity contribution in [1.29, 1.82) is 0 Å². The van der Waals surface area contributed by atoms with Crippen LogP contribution in [0.4, 0.5) is 5.69 Å². The number of benzene rings is 1. The molecule has 7 atom stereocenters. The number of ether oxygens (including phenoxy) is 2. The van der Waals surface area contributed by atoms with E-state index in [1.807, 2.05) is 0 Å². The number of para-hydroxylation sites is 1. The minimum Gasteiger partial charge on any atom is -0.373 e. The summed E-state index contributed by atoms with van der Waals surface area (Å²) in [6.07, 6.45) is 5.24. The van der Waals surface area contributed by atoms with Gasteiger partial charge in [0.15, 0.2) is 6.73 Å². The molecule has 1 aromatic carbocycles. The molecule has 146 valence electrons. The molecule has 0 aromatic heterocycles. The van der Waals surface area contributed by atoms with E-state index in [0.717, 1.165) is 42.8 Å². The van der Waals surface area contributed by atoms with E-state index in [9.17, 15) is 4.79 Å². The number of nitrogens with zero attached hydrogens (tertiary/aromatic N) is 2. The average molecular weight is 379 g/mol. The van der Waals surface area contributed by atoms with Gasteiger partial charge in [0.1, 0.15) is 6.54 Å². The van der Waals surface area contributed by atoms with Gasteiger partial charge in [-0.2, -0.15) is 0 Å². The zero-order valence-electron chi connectivity index (χ0n) is 16.3. The lowest BCUT2D eigenvalue weighted by Crippen LogP contribution is -2.68. The van der Waals surface area contributed by atoms with Gasteiger partial charge in [-0.05, 0) is 29.5 Å². The fourth-order valence-corrected chi connectivity index (χ4v) is 7.67. The molecule has 1 spiro atoms. The van der Waals surface area contributed by atoms with Crippen LogP contribution in [0.2, 0.25) is 0 Å². The Morgan fingerprint density at radius 2 is 2.14 bits per heavy atom. The standard InChI is InChI=1S/C23H27N2O3/c1-25-8-7-23-16-4-2-3-5-17(16)24-20(26)11-18-21(22(23)24)15(10-19(23)28-13-25)14(12-25)6-9-27-18/h2-6,15,18-19,21-22H,7-13H2,1H3/q+1/t15-,18-,19-,21-,22-,23+,25?/m0/s1. The highest BCUT2D eigenvalue weighted by Crippen LogP contribution is 2.63. The van der Waals surface area contributed by atoms with E-state index >= 15 is 0 Å². The third-order valence-electron chi connectivity index (χ3n) is 8.77. The van der Waals surface area contributed by atoms with Gasteiger partial charge in [0.25, 0.3) is 0 Å². The molecule has 1 amide bonds. The van der Waals surface area contributed by atoms with Crippen molar-refractivity contribution < 1.29 is 18.8 Å². The summed E-state index contributed by atoms with van der Waals surface area (Å²) in [5, 5.41) is 0. The van der Waals surface area contributed by atoms with Gasteiger partial charge in [0.05, 0.1) is 50.3 Å². The number of anilines is 1. The molecule has 7 rings (SSSR count). The van der Waals surface area contributed by atoms with Crippen LogP contribution in [0.3, 0.4) is 0 Å². The Hall–Kier alpha value is -1.69. The van der Waals surface area contributed by atoms with E-state index in [-0.39, 0.29) is 29.6 Å². The number of likely N-dealkylation sites (N-methyl/N-ethyl adjacent to an activating group) is 1. The number of fused-ring (bicyclic) bond motifs is 4. The van der Waals surface area contributed by atoms with Gasteiger partial charge in [-0.3, -0.25) is 9.28 Å². The summed E-state index contributed by atoms with van der Waals surface area (Å²) in [6.45, 7) is 3.58. The fraction of sp³-hybridized carbons (Fsp3) is 0.609. The van der Waals surface area contributed by atoms with E-state index in [4.69, 9.17) is 9.47 Å². The number of hydrogen-bond donors (Lipinski definition) is 0. The lowest BCUT2D eigenvalue weighted by atomic mass is 9.54. The quantitative estimate of drug-likeness (QED) is 0.513. The summed E-state index contributed by atoms with van der Waals surface area (Å²) in [6, 6.07) is 8.83. The van der Waals surface area contributed by atoms with E-state index in [1.54, 1.807) is 5.57 Å². The topological polar surface area (TPSA) is 38.8 Å². The molecule has 3 saturated heterocycles. The second kappa shape index (κ2) is 5.07. The molecule has 6 aliphatic rings. The lowest BCUT2D eigenvalue weighted by molar-refractivity contribution is -0.923. The summed E-state index contributed by atoms with van der Waals surface area (Å²) in [5.74, 6) is 1.08. The number of rotatable bonds is 0. The van der Waals surface area contributed by atoms with Crippen LogP contribution in [-0.2, 0) is 19.7 Å². The smallest absolute Gasteiger partial charge is 0.229 e. The maximum atomic E-state index is 13.4. The molecular formula is C23H27N2O3+. The van der Waals surface area contributed by atoms with Crippen LogP contribution in [0, 0.1) is 11.8 Å². The highest BCUT2D eigenvalue weighted by Gasteiger charge is 2.69. The van der Waals surface area contributed by atoms with Crippen molar-refractivity contribution in [2.24, 2.45) is 11.8 Å². The van der Waals surface area contributed by atoms with Gasteiger partial charge in [-0.1, -0.05) is 24.3 Å². The molecule has 0 N–H and O–H groups in total. The minimum atomic E-state index is -0.0920. The van der Waals surface area contributed by atoms with E-state index in [2.05, 4.69) is 42.3 Å². The first kappa shape index (κ1) is 16.1. The highest BCUT2D eigenvalue weighted by atomic mass is 16.5. The van der Waals surface area contributed by atoms with Crippen molar-refractivity contribution in [3.05, 3.63) is 41.5 Å². The molecule has 5 nitrogen and oxygen atoms in total. The molecular weight excluding hydrogens is 352 g/mol. The minimum absolute atomic E-state index is 0.0402. The predicted molar refractivity (Wildman–Crippen MR) is 104 cm³/mol. The number of carbonyl (C=O) groups is 1. The van der Waals surface area contributed by atoms with E-state index in [0.29, 0.717) is 24.9 Å². The van der Waals surface area contributed by atoms with Gasteiger partial charge in [-0.25, -0.2) is 0 Å². The highest BCUT2D eigenvalue weighted by molar-refractivity contribution is 5.99. The Balaban J connectivity index is 1.55. The van der Waals surface area contributed by atoms with Crippen LogP contribution in [0.1, 0.15) is 24.8 Å². The summed E-state index contributed by atoms with van der Waals surface area (Å²) < 4.78 is 14.0. The normalized spacial score (nSPS) is 47.8. The van der Waals surface area contributed by atoms with Crippen molar-refractivity contribution in [3.63, 3.8) is 0 Å². The molecule has 1 aromatic rings. The first-order valence-corrected chi connectivity index (χ1v) is 10.8. The Morgan fingerprint density at radius 3 is 3.07 bits per heavy atom. The Kier molecular flexibility index (Phi) is 2.92. The third-order valence-corrected chi connectivity index (χ3v) is 8.77. The zero-order valence-corrected chi connectivity index (χ0v) is 16.3. The van der Waals surface area contributed by atoms with Crippen molar-refractivity contribution in [2.45, 2.75) is 42.9 Å². The SMILES string of the molecule is C[N+]12CC[C@@]34c5ccccc5N5C(=O)C[C@@H]6OCC=C(C1)[C@H](C[C@@H]3OC2)[C@@H]6[C@H]54. The maximum Gasteiger partial charge on any atom is 0.229 e. The Bertz CT molecular complexity index is 928. The second-order valence-electron chi connectivity index (χ2n) is 10.1. The van der Waals surface area contributed by atoms with Gasteiger partial charge < -0.3 is 14.4 Å². The largest absolute Gasteiger partial charge is 0.373 e. The van der Waals surface area contributed by atoms with Crippen LogP contribution < -0.4 is 4.90 Å².